The van der Waals surface area contributed by atoms with Crippen LogP contribution in [0.3, 0.4) is 0 Å². The average Bonchev–Trinajstić information content (AvgIpc) is 2.92. The van der Waals surface area contributed by atoms with Gasteiger partial charge in [-0.25, -0.2) is 0 Å². The molecule has 0 aromatic heterocycles. The number of nitrogens with one attached hydrogen (secondary N) is 1. The van der Waals surface area contributed by atoms with E-state index in [2.05, 4.69) is 12.2 Å². The summed E-state index contributed by atoms with van der Waals surface area (Å²) in [4.78, 5) is 0. The van der Waals surface area contributed by atoms with Gasteiger partial charge in [0.2, 0.25) is 0 Å². The minimum atomic E-state index is 0.273. The van der Waals surface area contributed by atoms with Crippen molar-refractivity contribution >= 4 is 11.6 Å². The molecule has 0 amide bonds. The van der Waals surface area contributed by atoms with Crippen LogP contribution in [0.15, 0.2) is 18.2 Å². The van der Waals surface area contributed by atoms with Gasteiger partial charge in [0.05, 0.1) is 0 Å². The molecular weight excluding hydrogens is 246 g/mol. The van der Waals surface area contributed by atoms with Gasteiger partial charge in [-0.1, -0.05) is 18.5 Å². The summed E-state index contributed by atoms with van der Waals surface area (Å²) in [7, 11) is 0. The van der Waals surface area contributed by atoms with Gasteiger partial charge in [0.1, 0.15) is 11.9 Å². The third-order valence-corrected chi connectivity index (χ3v) is 4.33. The van der Waals surface area contributed by atoms with Crippen LogP contribution in [0.1, 0.15) is 31.7 Å². The molecule has 1 aromatic carbocycles. The fourth-order valence-electron chi connectivity index (χ4n) is 3.09. The second-order valence-corrected chi connectivity index (χ2v) is 6.16. The van der Waals surface area contributed by atoms with Gasteiger partial charge >= 0.3 is 0 Å². The predicted octanol–water partition coefficient (Wildman–Crippen LogP) is 3.42. The van der Waals surface area contributed by atoms with E-state index in [9.17, 15) is 0 Å². The minimum absolute atomic E-state index is 0.273. The topological polar surface area (TPSA) is 21.3 Å². The molecule has 18 heavy (non-hydrogen) atoms. The van der Waals surface area contributed by atoms with Crippen LogP contribution in [-0.4, -0.2) is 18.7 Å². The summed E-state index contributed by atoms with van der Waals surface area (Å²) in [6, 6.07) is 6.59. The Balaban J connectivity index is 1.52. The third-order valence-electron chi connectivity index (χ3n) is 4.09. The lowest BCUT2D eigenvalue weighted by atomic mass is 10.1. The Morgan fingerprint density at radius 3 is 3.06 bits per heavy atom. The molecule has 1 saturated carbocycles. The highest BCUT2D eigenvalue weighted by Crippen LogP contribution is 2.31. The van der Waals surface area contributed by atoms with Crippen molar-refractivity contribution in [3.05, 3.63) is 28.8 Å². The number of hydrogen-bond acceptors (Lipinski definition) is 2. The van der Waals surface area contributed by atoms with Crippen molar-refractivity contribution in [3.8, 4) is 5.75 Å². The molecule has 0 radical (unpaired) electrons. The Hall–Kier alpha value is -0.730. The zero-order valence-corrected chi connectivity index (χ0v) is 11.5. The normalized spacial score (nSPS) is 30.2. The van der Waals surface area contributed by atoms with Gasteiger partial charge in [-0.3, -0.25) is 0 Å². The van der Waals surface area contributed by atoms with Crippen molar-refractivity contribution in [2.45, 2.75) is 44.8 Å². The van der Waals surface area contributed by atoms with Gasteiger partial charge in [0.15, 0.2) is 0 Å². The number of ether oxygens (including phenoxy) is 1. The van der Waals surface area contributed by atoms with Gasteiger partial charge in [-0.2, -0.15) is 0 Å². The molecule has 1 aliphatic carbocycles. The molecule has 1 N–H and O–H groups in total. The lowest BCUT2D eigenvalue weighted by Crippen LogP contribution is -2.36. The molecule has 1 aliphatic heterocycles. The summed E-state index contributed by atoms with van der Waals surface area (Å²) in [5.41, 5.74) is 1.24. The van der Waals surface area contributed by atoms with E-state index in [1.54, 1.807) is 0 Å². The highest BCUT2D eigenvalue weighted by molar-refractivity contribution is 6.30. The number of rotatable bonds is 3. The van der Waals surface area contributed by atoms with Crippen LogP contribution in [0.4, 0.5) is 0 Å². The van der Waals surface area contributed by atoms with Crippen LogP contribution in [0.2, 0.25) is 5.02 Å². The Labute approximate surface area is 114 Å². The molecule has 2 nitrogen and oxygen atoms in total. The second-order valence-electron chi connectivity index (χ2n) is 5.72. The molecular formula is C15H20ClNO. The Morgan fingerprint density at radius 2 is 2.28 bits per heavy atom. The van der Waals surface area contributed by atoms with Crippen LogP contribution in [0.5, 0.6) is 5.75 Å². The summed E-state index contributed by atoms with van der Waals surface area (Å²) in [5.74, 6) is 1.88. The summed E-state index contributed by atoms with van der Waals surface area (Å²) in [5, 5.41) is 4.45. The molecule has 0 saturated heterocycles. The summed E-state index contributed by atoms with van der Waals surface area (Å²) >= 11 is 6.00. The first-order valence-electron chi connectivity index (χ1n) is 6.89. The summed E-state index contributed by atoms with van der Waals surface area (Å²) in [6.07, 6.45) is 5.23. The Kier molecular flexibility index (Phi) is 3.49. The first-order valence-corrected chi connectivity index (χ1v) is 7.27. The smallest absolute Gasteiger partial charge is 0.123 e. The predicted molar refractivity (Wildman–Crippen MR) is 74.4 cm³/mol. The van der Waals surface area contributed by atoms with Crippen molar-refractivity contribution in [3.63, 3.8) is 0 Å². The zero-order chi connectivity index (χ0) is 12.5. The van der Waals surface area contributed by atoms with Gasteiger partial charge in [0.25, 0.3) is 0 Å². The lowest BCUT2D eigenvalue weighted by Gasteiger charge is -2.16. The maximum atomic E-state index is 6.00. The number of benzene rings is 1. The van der Waals surface area contributed by atoms with Crippen LogP contribution in [0, 0.1) is 5.92 Å². The van der Waals surface area contributed by atoms with Gasteiger partial charge in [-0.15, -0.1) is 0 Å². The van der Waals surface area contributed by atoms with Crippen molar-refractivity contribution in [1.29, 1.82) is 0 Å². The van der Waals surface area contributed by atoms with Gasteiger partial charge in [-0.05, 0) is 48.9 Å². The Bertz CT molecular complexity index is 435. The van der Waals surface area contributed by atoms with Crippen molar-refractivity contribution in [1.82, 2.24) is 5.32 Å². The molecule has 98 valence electrons. The Morgan fingerprint density at radius 1 is 1.39 bits per heavy atom. The van der Waals surface area contributed by atoms with E-state index < -0.39 is 0 Å². The third kappa shape index (κ3) is 2.65. The standard InChI is InChI=1S/C15H20ClNO/c1-10-2-4-13(6-10)17-9-14-8-11-7-12(16)3-5-15(11)18-14/h3,5,7,10,13-14,17H,2,4,6,8-9H2,1H3. The van der Waals surface area contributed by atoms with E-state index in [0.717, 1.165) is 29.7 Å². The molecule has 1 fully saturated rings. The molecule has 0 bridgehead atoms. The zero-order valence-electron chi connectivity index (χ0n) is 10.8. The molecule has 2 aliphatic rings. The fraction of sp³-hybridized carbons (Fsp3) is 0.600. The molecule has 3 rings (SSSR count). The van der Waals surface area contributed by atoms with Crippen LogP contribution in [-0.2, 0) is 6.42 Å². The lowest BCUT2D eigenvalue weighted by molar-refractivity contribution is 0.221. The fourth-order valence-corrected chi connectivity index (χ4v) is 3.29. The highest BCUT2D eigenvalue weighted by atomic mass is 35.5. The SMILES string of the molecule is CC1CCC(NCC2Cc3cc(Cl)ccc3O2)C1. The van der Waals surface area contributed by atoms with Crippen molar-refractivity contribution in [2.75, 3.05) is 6.54 Å². The number of hydrogen-bond donors (Lipinski definition) is 1. The first kappa shape index (κ1) is 12.3. The largest absolute Gasteiger partial charge is 0.488 e. The maximum absolute atomic E-state index is 6.00. The molecule has 0 spiro atoms. The van der Waals surface area contributed by atoms with E-state index in [0.29, 0.717) is 6.04 Å². The van der Waals surface area contributed by atoms with Gasteiger partial charge < -0.3 is 10.1 Å². The average molecular weight is 266 g/mol. The maximum Gasteiger partial charge on any atom is 0.123 e. The van der Waals surface area contributed by atoms with E-state index in [1.165, 1.54) is 24.8 Å². The molecule has 3 heteroatoms. The number of fused-ring (bicyclic) bond motifs is 1. The minimum Gasteiger partial charge on any atom is -0.488 e. The number of halogens is 1. The van der Waals surface area contributed by atoms with Crippen molar-refractivity contribution < 1.29 is 4.74 Å². The molecule has 1 heterocycles. The summed E-state index contributed by atoms with van der Waals surface area (Å²) < 4.78 is 5.93. The second kappa shape index (κ2) is 5.10. The van der Waals surface area contributed by atoms with E-state index in [1.807, 2.05) is 18.2 Å². The first-order chi connectivity index (χ1) is 8.70. The quantitative estimate of drug-likeness (QED) is 0.904. The summed E-state index contributed by atoms with van der Waals surface area (Å²) in [6.45, 7) is 3.29. The molecule has 3 unspecified atom stereocenters. The van der Waals surface area contributed by atoms with Crippen LogP contribution < -0.4 is 10.1 Å². The van der Waals surface area contributed by atoms with Crippen LogP contribution in [0.25, 0.3) is 0 Å². The van der Waals surface area contributed by atoms with Crippen molar-refractivity contribution in [2.24, 2.45) is 5.92 Å². The van der Waals surface area contributed by atoms with E-state index in [-0.39, 0.29) is 6.10 Å². The highest BCUT2D eigenvalue weighted by Gasteiger charge is 2.26. The van der Waals surface area contributed by atoms with E-state index in [4.69, 9.17) is 16.3 Å². The molecule has 1 aromatic rings. The monoisotopic (exact) mass is 265 g/mol. The van der Waals surface area contributed by atoms with Crippen LogP contribution >= 0.6 is 11.6 Å². The van der Waals surface area contributed by atoms with E-state index >= 15 is 0 Å². The molecule has 3 atom stereocenters. The van der Waals surface area contributed by atoms with Gasteiger partial charge in [0, 0.05) is 24.0 Å².